The van der Waals surface area contributed by atoms with Gasteiger partial charge in [-0.2, -0.15) is 0 Å². The highest BCUT2D eigenvalue weighted by molar-refractivity contribution is 5.62. The number of hydrogen-bond donors (Lipinski definition) is 2. The van der Waals surface area contributed by atoms with Gasteiger partial charge in [0.25, 0.3) is 0 Å². The van der Waals surface area contributed by atoms with Crippen molar-refractivity contribution in [3.63, 3.8) is 0 Å². The van der Waals surface area contributed by atoms with E-state index in [4.69, 9.17) is 13.6 Å². The second kappa shape index (κ2) is 4.21. The molecule has 2 aliphatic heterocycles. The van der Waals surface area contributed by atoms with E-state index >= 15 is 0 Å². The zero-order chi connectivity index (χ0) is 18.5. The summed E-state index contributed by atoms with van der Waals surface area (Å²) in [6.07, 6.45) is 0.370. The van der Waals surface area contributed by atoms with E-state index in [1.807, 2.05) is 12.1 Å². The Morgan fingerprint density at radius 1 is 1.43 bits per heavy atom. The fourth-order valence-electron chi connectivity index (χ4n) is 5.67. The molecule has 0 radical (unpaired) electrons. The second-order valence-electron chi connectivity index (χ2n) is 7.33. The van der Waals surface area contributed by atoms with Crippen LogP contribution in [0.1, 0.15) is 34.5 Å². The Morgan fingerprint density at radius 3 is 3.09 bits per heavy atom. The molecular weight excluding hydrogens is 294 g/mol. The first-order chi connectivity index (χ1) is 12.2. The van der Waals surface area contributed by atoms with E-state index in [-0.39, 0.29) is 0 Å². The molecule has 1 spiro atoms. The van der Waals surface area contributed by atoms with E-state index in [1.54, 1.807) is 7.11 Å². The Bertz CT molecular complexity index is 784. The Labute approximate surface area is 140 Å². The van der Waals surface area contributed by atoms with Gasteiger partial charge < -0.3 is 24.6 Å². The molecule has 0 unspecified atom stereocenters. The Balaban J connectivity index is 1.78. The zero-order valence-corrected chi connectivity index (χ0v) is 13.1. The molecule has 1 aromatic rings. The first-order valence-corrected chi connectivity index (χ1v) is 8.28. The molecule has 4 aliphatic rings. The largest absolute Gasteiger partial charge is 0.493 e. The SMILES string of the molecule is [2H]C([2H])([2H])N1CC[C@]23c4c5ccc(OC)c4O[C@H]2[C@@H](O)CC[C@@]3(O)[C@H]1C5. The highest BCUT2D eigenvalue weighted by Gasteiger charge is 2.72. The van der Waals surface area contributed by atoms with Gasteiger partial charge in [-0.15, -0.1) is 0 Å². The molecule has 5 atom stereocenters. The molecule has 23 heavy (non-hydrogen) atoms. The summed E-state index contributed by atoms with van der Waals surface area (Å²) in [6.45, 7) is -1.92. The number of aliphatic hydroxyl groups excluding tert-OH is 1. The number of benzene rings is 1. The maximum absolute atomic E-state index is 11.9. The minimum absolute atomic E-state index is 0.339. The van der Waals surface area contributed by atoms with Crippen LogP contribution in [0, 0.1) is 0 Å². The van der Waals surface area contributed by atoms with Crippen LogP contribution in [-0.2, 0) is 11.8 Å². The van der Waals surface area contributed by atoms with Crippen LogP contribution in [0.15, 0.2) is 12.1 Å². The van der Waals surface area contributed by atoms with Gasteiger partial charge in [-0.3, -0.25) is 0 Å². The molecule has 2 fully saturated rings. The van der Waals surface area contributed by atoms with E-state index in [0.717, 1.165) is 11.1 Å². The van der Waals surface area contributed by atoms with Gasteiger partial charge in [-0.25, -0.2) is 0 Å². The number of methoxy groups -OCH3 is 1. The van der Waals surface area contributed by atoms with E-state index in [1.165, 1.54) is 4.90 Å². The van der Waals surface area contributed by atoms with Crippen molar-refractivity contribution in [2.45, 2.75) is 54.9 Å². The Hall–Kier alpha value is -1.30. The lowest BCUT2D eigenvalue weighted by atomic mass is 9.49. The van der Waals surface area contributed by atoms with Crippen LogP contribution in [0.25, 0.3) is 0 Å². The van der Waals surface area contributed by atoms with E-state index < -0.39 is 36.2 Å². The smallest absolute Gasteiger partial charge is 0.166 e. The summed E-state index contributed by atoms with van der Waals surface area (Å²) < 4.78 is 35.5. The second-order valence-corrected chi connectivity index (χ2v) is 7.33. The first kappa shape index (κ1) is 11.3. The van der Waals surface area contributed by atoms with E-state index in [9.17, 15) is 10.2 Å². The number of nitrogens with zero attached hydrogens (tertiary/aromatic N) is 1. The van der Waals surface area contributed by atoms with E-state index in [2.05, 4.69) is 0 Å². The summed E-state index contributed by atoms with van der Waals surface area (Å²) in [7, 11) is 1.58. The number of rotatable bonds is 1. The van der Waals surface area contributed by atoms with Crippen molar-refractivity contribution >= 4 is 0 Å². The van der Waals surface area contributed by atoms with Gasteiger partial charge in [0.1, 0.15) is 6.10 Å². The van der Waals surface area contributed by atoms with Crippen molar-refractivity contribution in [3.8, 4) is 11.5 Å². The molecule has 1 aromatic carbocycles. The Morgan fingerprint density at radius 2 is 2.30 bits per heavy atom. The average molecular weight is 320 g/mol. The summed E-state index contributed by atoms with van der Waals surface area (Å²) in [5, 5.41) is 22.6. The fourth-order valence-corrected chi connectivity index (χ4v) is 5.67. The maximum Gasteiger partial charge on any atom is 0.166 e. The zero-order valence-electron chi connectivity index (χ0n) is 16.1. The Kier molecular flexibility index (Phi) is 2.06. The molecular formula is C18H23NO4. The third-order valence-electron chi connectivity index (χ3n) is 6.64. The van der Waals surface area contributed by atoms with Gasteiger partial charge in [0.05, 0.1) is 24.2 Å². The molecule has 2 heterocycles. The number of likely N-dealkylation sites (N-methyl/N-ethyl adjacent to an activating group) is 1. The van der Waals surface area contributed by atoms with Crippen molar-refractivity contribution in [1.82, 2.24) is 4.90 Å². The molecule has 5 heteroatoms. The first-order valence-electron chi connectivity index (χ1n) is 9.78. The van der Waals surface area contributed by atoms with Crippen LogP contribution in [0.5, 0.6) is 11.5 Å². The minimum atomic E-state index is -2.26. The molecule has 2 bridgehead atoms. The molecule has 2 aliphatic carbocycles. The lowest BCUT2D eigenvalue weighted by Crippen LogP contribution is -2.76. The highest BCUT2D eigenvalue weighted by Crippen LogP contribution is 2.65. The summed E-state index contributed by atoms with van der Waals surface area (Å²) in [5.74, 6) is 1.20. The van der Waals surface area contributed by atoms with Crippen molar-refractivity contribution in [1.29, 1.82) is 0 Å². The third-order valence-corrected chi connectivity index (χ3v) is 6.64. The van der Waals surface area contributed by atoms with Crippen LogP contribution in [-0.4, -0.2) is 59.6 Å². The van der Waals surface area contributed by atoms with Crippen LogP contribution in [0.3, 0.4) is 0 Å². The van der Waals surface area contributed by atoms with Crippen LogP contribution >= 0.6 is 0 Å². The van der Waals surface area contributed by atoms with Crippen LogP contribution < -0.4 is 9.47 Å². The topological polar surface area (TPSA) is 62.2 Å². The van der Waals surface area contributed by atoms with Crippen molar-refractivity contribution in [3.05, 3.63) is 23.3 Å². The normalized spacial score (nSPS) is 46.2. The number of piperidine rings is 1. The fraction of sp³-hybridized carbons (Fsp3) is 0.667. The quantitative estimate of drug-likeness (QED) is 0.803. The molecule has 1 saturated heterocycles. The molecule has 1 saturated carbocycles. The van der Waals surface area contributed by atoms with Crippen LogP contribution in [0.4, 0.5) is 0 Å². The van der Waals surface area contributed by atoms with Gasteiger partial charge in [-0.05, 0) is 50.8 Å². The van der Waals surface area contributed by atoms with Crippen molar-refractivity contribution in [2.75, 3.05) is 20.6 Å². The van der Waals surface area contributed by atoms with E-state index in [0.29, 0.717) is 43.7 Å². The number of aliphatic hydroxyl groups is 2. The molecule has 0 aromatic heterocycles. The molecule has 2 N–H and O–H groups in total. The predicted octanol–water partition coefficient (Wildman–Crippen LogP) is 0.840. The van der Waals surface area contributed by atoms with Crippen molar-refractivity contribution in [2.24, 2.45) is 0 Å². The molecule has 0 amide bonds. The lowest BCUT2D eigenvalue weighted by Gasteiger charge is -2.63. The van der Waals surface area contributed by atoms with Gasteiger partial charge >= 0.3 is 0 Å². The standard InChI is InChI=1S/C18H23NO4/c1-19-8-7-17-14-10-3-4-12(22-2)15(14)23-16(17)11(20)5-6-18(17,21)13(19)9-10/h3-4,11,13,16,20-21H,5-9H2,1-2H3/t11-,13+,16-,17-,18+/m0/s1/i1D3. The average Bonchev–Trinajstić information content (AvgIpc) is 2.92. The summed E-state index contributed by atoms with van der Waals surface area (Å²) in [6, 6.07) is 3.25. The molecule has 5 nitrogen and oxygen atoms in total. The number of hydrogen-bond acceptors (Lipinski definition) is 5. The van der Waals surface area contributed by atoms with Crippen LogP contribution in [0.2, 0.25) is 0 Å². The summed E-state index contributed by atoms with van der Waals surface area (Å²) >= 11 is 0. The third kappa shape index (κ3) is 1.37. The van der Waals surface area contributed by atoms with Gasteiger partial charge in [0, 0.05) is 15.7 Å². The summed E-state index contributed by atoms with van der Waals surface area (Å²) in [5.41, 5.74) is -0.117. The molecule has 124 valence electrons. The molecule has 5 rings (SSSR count). The summed E-state index contributed by atoms with van der Waals surface area (Å²) in [4.78, 5) is 1.47. The predicted molar refractivity (Wildman–Crippen MR) is 84.0 cm³/mol. The minimum Gasteiger partial charge on any atom is -0.493 e. The van der Waals surface area contributed by atoms with Gasteiger partial charge in [0.2, 0.25) is 0 Å². The van der Waals surface area contributed by atoms with Gasteiger partial charge in [-0.1, -0.05) is 6.07 Å². The maximum atomic E-state index is 11.9. The monoisotopic (exact) mass is 320 g/mol. The van der Waals surface area contributed by atoms with Gasteiger partial charge in [0.15, 0.2) is 11.5 Å². The number of likely N-dealkylation sites (tertiary alicyclic amines) is 1. The lowest BCUT2D eigenvalue weighted by molar-refractivity contribution is -0.204. The highest BCUT2D eigenvalue weighted by atomic mass is 16.5. The van der Waals surface area contributed by atoms with Crippen molar-refractivity contribution < 1.29 is 23.8 Å². The number of ether oxygens (including phenoxy) is 2.